The second-order valence-corrected chi connectivity index (χ2v) is 3.30. The largest absolute Gasteiger partial charge is 0.476 e. The van der Waals surface area contributed by atoms with E-state index in [-0.39, 0.29) is 0 Å². The van der Waals surface area contributed by atoms with Crippen LogP contribution in [0, 0.1) is 0 Å². The molecule has 0 radical (unpaired) electrons. The minimum atomic E-state index is -3.08. The summed E-state index contributed by atoms with van der Waals surface area (Å²) in [4.78, 5) is 17.4. The van der Waals surface area contributed by atoms with Gasteiger partial charge in [0.25, 0.3) is 12.9 Å². The van der Waals surface area contributed by atoms with E-state index in [0.29, 0.717) is 10.5 Å². The van der Waals surface area contributed by atoms with E-state index < -0.39 is 41.5 Å². The molecule has 0 aromatic carbocycles. The summed E-state index contributed by atoms with van der Waals surface area (Å²) < 4.78 is 51.0. The van der Waals surface area contributed by atoms with Gasteiger partial charge in [0.15, 0.2) is 11.3 Å². The van der Waals surface area contributed by atoms with Crippen molar-refractivity contribution < 1.29 is 27.5 Å². The molecule has 9 heteroatoms. The first-order chi connectivity index (χ1) is 8.41. The van der Waals surface area contributed by atoms with Crippen molar-refractivity contribution in [3.63, 3.8) is 0 Å². The molecule has 18 heavy (non-hydrogen) atoms. The van der Waals surface area contributed by atoms with Gasteiger partial charge in [0, 0.05) is 0 Å². The highest BCUT2D eigenvalue weighted by molar-refractivity contribution is 5.92. The molecule has 2 aromatic heterocycles. The maximum Gasteiger partial charge on any atom is 0.358 e. The number of hydrogen-bond donors (Lipinski definition) is 1. The predicted molar refractivity (Wildman–Crippen MR) is 49.9 cm³/mol. The number of nitrogens with zero attached hydrogens (tertiary/aromatic N) is 3. The Balaban J connectivity index is 2.79. The summed E-state index contributed by atoms with van der Waals surface area (Å²) in [6.45, 7) is 0. The number of carboxylic acid groups (broad SMARTS) is 1. The molecule has 0 saturated carbocycles. The second-order valence-electron chi connectivity index (χ2n) is 3.30. The van der Waals surface area contributed by atoms with E-state index in [4.69, 9.17) is 5.11 Å². The topological polar surface area (TPSA) is 67.5 Å². The summed E-state index contributed by atoms with van der Waals surface area (Å²) in [5.74, 6) is -1.53. The fourth-order valence-corrected chi connectivity index (χ4v) is 1.44. The summed E-state index contributed by atoms with van der Waals surface area (Å²) in [5.41, 5.74) is -2.88. The maximum atomic E-state index is 12.7. The lowest BCUT2D eigenvalue weighted by Crippen LogP contribution is -2.05. The van der Waals surface area contributed by atoms with Crippen LogP contribution in [0.1, 0.15) is 34.7 Å². The van der Waals surface area contributed by atoms with Crippen LogP contribution >= 0.6 is 0 Å². The molecule has 0 amide bonds. The molecular weight excluding hydrogens is 258 g/mol. The summed E-state index contributed by atoms with van der Waals surface area (Å²) in [6.07, 6.45) is -5.32. The van der Waals surface area contributed by atoms with Crippen molar-refractivity contribution in [2.45, 2.75) is 12.9 Å². The van der Waals surface area contributed by atoms with Gasteiger partial charge in [0.05, 0.1) is 5.69 Å². The Morgan fingerprint density at radius 2 is 1.94 bits per heavy atom. The number of alkyl halides is 4. The van der Waals surface area contributed by atoms with Gasteiger partial charge in [-0.2, -0.15) is 0 Å². The van der Waals surface area contributed by atoms with Crippen LogP contribution in [0.2, 0.25) is 0 Å². The average molecular weight is 263 g/mol. The normalized spacial score (nSPS) is 11.7. The number of fused-ring (bicyclic) bond motifs is 1. The molecule has 0 fully saturated rings. The van der Waals surface area contributed by atoms with Gasteiger partial charge in [0.2, 0.25) is 0 Å². The number of imidazole rings is 1. The number of aromatic carboxylic acids is 1. The van der Waals surface area contributed by atoms with E-state index in [9.17, 15) is 22.4 Å². The molecule has 1 N–H and O–H groups in total. The van der Waals surface area contributed by atoms with Crippen LogP contribution < -0.4 is 0 Å². The van der Waals surface area contributed by atoms with Gasteiger partial charge in [-0.05, 0) is 6.07 Å². The molecule has 0 unspecified atom stereocenters. The molecule has 5 nitrogen and oxygen atoms in total. The zero-order valence-corrected chi connectivity index (χ0v) is 8.52. The van der Waals surface area contributed by atoms with Gasteiger partial charge in [-0.15, -0.1) is 0 Å². The van der Waals surface area contributed by atoms with Crippen molar-refractivity contribution >= 4 is 11.6 Å². The first-order valence-corrected chi connectivity index (χ1v) is 4.59. The van der Waals surface area contributed by atoms with Gasteiger partial charge in [-0.25, -0.2) is 32.3 Å². The number of halogens is 4. The van der Waals surface area contributed by atoms with E-state index in [2.05, 4.69) is 9.97 Å². The lowest BCUT2D eigenvalue weighted by molar-refractivity contribution is 0.0692. The number of hydrogen-bond acceptors (Lipinski definition) is 3. The zero-order chi connectivity index (χ0) is 13.4. The maximum absolute atomic E-state index is 12.7. The molecule has 2 heterocycles. The van der Waals surface area contributed by atoms with E-state index in [1.165, 1.54) is 0 Å². The molecule has 0 aliphatic rings. The first-order valence-electron chi connectivity index (χ1n) is 4.59. The van der Waals surface area contributed by atoms with Gasteiger partial charge in [0.1, 0.15) is 12.0 Å². The fraction of sp³-hybridized carbons (Fsp3) is 0.222. The van der Waals surface area contributed by atoms with Crippen LogP contribution in [-0.4, -0.2) is 25.4 Å². The van der Waals surface area contributed by atoms with Crippen molar-refractivity contribution in [2.24, 2.45) is 0 Å². The quantitative estimate of drug-likeness (QED) is 0.863. The molecule has 0 spiro atoms. The SMILES string of the molecule is O=C(O)c1ncn2c(C(F)F)cc(C(F)F)nc12. The summed E-state index contributed by atoms with van der Waals surface area (Å²) >= 11 is 0. The standard InChI is InChI=1S/C9H5F4N3O2/c10-6(11)3-1-4(7(12)13)16-2-14-5(9(17)18)8(16)15-3/h1-2,6-7H,(H,17,18). The smallest absolute Gasteiger partial charge is 0.358 e. The Bertz CT molecular complexity index is 611. The van der Waals surface area contributed by atoms with Crippen LogP contribution in [0.3, 0.4) is 0 Å². The highest BCUT2D eigenvalue weighted by atomic mass is 19.3. The van der Waals surface area contributed by atoms with Crippen molar-refractivity contribution in [3.05, 3.63) is 29.5 Å². The Labute approximate surface area is 96.7 Å². The Morgan fingerprint density at radius 1 is 1.28 bits per heavy atom. The Morgan fingerprint density at radius 3 is 2.44 bits per heavy atom. The molecule has 0 bridgehead atoms. The van der Waals surface area contributed by atoms with Gasteiger partial charge >= 0.3 is 5.97 Å². The van der Waals surface area contributed by atoms with Crippen LogP contribution in [0.25, 0.3) is 5.65 Å². The predicted octanol–water partition coefficient (Wildman–Crippen LogP) is 2.30. The first kappa shape index (κ1) is 12.3. The summed E-state index contributed by atoms with van der Waals surface area (Å²) in [6, 6.07) is 0.523. The Hall–Kier alpha value is -2.19. The molecule has 0 saturated heterocycles. The molecule has 0 aliphatic carbocycles. The van der Waals surface area contributed by atoms with Gasteiger partial charge < -0.3 is 5.11 Å². The molecule has 0 atom stereocenters. The second kappa shape index (κ2) is 4.24. The molecule has 2 aromatic rings. The zero-order valence-electron chi connectivity index (χ0n) is 8.52. The van der Waals surface area contributed by atoms with Crippen molar-refractivity contribution in [2.75, 3.05) is 0 Å². The average Bonchev–Trinajstić information content (AvgIpc) is 2.70. The van der Waals surface area contributed by atoms with Crippen molar-refractivity contribution in [1.29, 1.82) is 0 Å². The number of carboxylic acids is 1. The molecular formula is C9H5F4N3O2. The summed E-state index contributed by atoms with van der Waals surface area (Å²) in [5, 5.41) is 8.74. The number of rotatable bonds is 3. The Kier molecular flexibility index (Phi) is 2.89. The molecule has 96 valence electrons. The van der Waals surface area contributed by atoms with Crippen LogP contribution in [0.5, 0.6) is 0 Å². The van der Waals surface area contributed by atoms with Crippen LogP contribution in [0.4, 0.5) is 17.6 Å². The van der Waals surface area contributed by atoms with E-state index in [1.54, 1.807) is 0 Å². The molecule has 2 rings (SSSR count). The third-order valence-corrected chi connectivity index (χ3v) is 2.20. The minimum absolute atomic E-state index is 0.523. The molecule has 0 aliphatic heterocycles. The van der Waals surface area contributed by atoms with Gasteiger partial charge in [-0.3, -0.25) is 4.40 Å². The van der Waals surface area contributed by atoms with E-state index >= 15 is 0 Å². The third-order valence-electron chi connectivity index (χ3n) is 2.20. The minimum Gasteiger partial charge on any atom is -0.476 e. The lowest BCUT2D eigenvalue weighted by Gasteiger charge is -2.07. The third kappa shape index (κ3) is 1.87. The van der Waals surface area contributed by atoms with Crippen molar-refractivity contribution in [3.8, 4) is 0 Å². The highest BCUT2D eigenvalue weighted by Crippen LogP contribution is 2.26. The number of carbonyl (C=O) groups is 1. The van der Waals surface area contributed by atoms with Gasteiger partial charge in [-0.1, -0.05) is 0 Å². The highest BCUT2D eigenvalue weighted by Gasteiger charge is 2.22. The fourth-order valence-electron chi connectivity index (χ4n) is 1.44. The monoisotopic (exact) mass is 263 g/mol. The van der Waals surface area contributed by atoms with Crippen LogP contribution in [-0.2, 0) is 0 Å². The lowest BCUT2D eigenvalue weighted by atomic mass is 10.3. The number of aromatic nitrogens is 3. The van der Waals surface area contributed by atoms with Crippen molar-refractivity contribution in [1.82, 2.24) is 14.4 Å². The van der Waals surface area contributed by atoms with Crippen LogP contribution in [0.15, 0.2) is 12.4 Å². The van der Waals surface area contributed by atoms with E-state index in [1.807, 2.05) is 0 Å². The van der Waals surface area contributed by atoms with E-state index in [0.717, 1.165) is 6.33 Å². The summed E-state index contributed by atoms with van der Waals surface area (Å²) in [7, 11) is 0.